The molecule has 1 aromatic heterocycles. The van der Waals surface area contributed by atoms with Crippen molar-refractivity contribution in [3.8, 4) is 0 Å². The second kappa shape index (κ2) is 11.6. The van der Waals surface area contributed by atoms with Crippen molar-refractivity contribution in [3.05, 3.63) is 28.6 Å². The minimum Gasteiger partial charge on any atom is -0.512 e. The van der Waals surface area contributed by atoms with Crippen LogP contribution in [0.1, 0.15) is 20.8 Å². The van der Waals surface area contributed by atoms with Crippen LogP contribution in [-0.4, -0.2) is 58.9 Å². The Bertz CT molecular complexity index is 729. The smallest absolute Gasteiger partial charge is 0.343 e. The molecule has 1 rings (SSSR count). The molecule has 0 spiro atoms. The van der Waals surface area contributed by atoms with Crippen LogP contribution in [0.5, 0.6) is 0 Å². The Labute approximate surface area is 160 Å². The van der Waals surface area contributed by atoms with E-state index in [1.54, 1.807) is 13.8 Å². The highest BCUT2D eigenvalue weighted by Gasteiger charge is 2.18. The van der Waals surface area contributed by atoms with Crippen LogP contribution in [0.2, 0.25) is 5.15 Å². The molecule has 0 saturated heterocycles. The van der Waals surface area contributed by atoms with Crippen molar-refractivity contribution in [1.82, 2.24) is 10.2 Å². The summed E-state index contributed by atoms with van der Waals surface area (Å²) in [6, 6.07) is 1.88. The Kier molecular flexibility index (Phi) is 9.45. The maximum absolute atomic E-state index is 12.0. The molecule has 0 radical (unpaired) electrons. The zero-order valence-corrected chi connectivity index (χ0v) is 15.8. The number of hydrazone groups is 1. The Morgan fingerprint density at radius 3 is 2.56 bits per heavy atom. The van der Waals surface area contributed by atoms with Gasteiger partial charge in [0.25, 0.3) is 0 Å². The number of rotatable bonds is 9. The molecule has 10 nitrogen and oxygen atoms in total. The van der Waals surface area contributed by atoms with Gasteiger partial charge >= 0.3 is 11.9 Å². The van der Waals surface area contributed by atoms with Crippen molar-refractivity contribution in [2.24, 2.45) is 10.1 Å². The number of esters is 2. The highest BCUT2D eigenvalue weighted by Crippen LogP contribution is 2.06. The highest BCUT2D eigenvalue weighted by atomic mass is 35.5. The normalized spacial score (nSPS) is 13.3. The summed E-state index contributed by atoms with van der Waals surface area (Å²) in [6.45, 7) is 4.82. The lowest BCUT2D eigenvalue weighted by Crippen LogP contribution is -2.24. The molecule has 1 aromatic rings. The van der Waals surface area contributed by atoms with Gasteiger partial charge in [0.2, 0.25) is 0 Å². The molecule has 0 saturated carbocycles. The van der Waals surface area contributed by atoms with Crippen LogP contribution < -0.4 is 5.43 Å². The number of carbonyl (C=O) groups is 2. The van der Waals surface area contributed by atoms with E-state index in [4.69, 9.17) is 21.1 Å². The Morgan fingerprint density at radius 2 is 2.00 bits per heavy atom. The number of allylic oxidation sites excluding steroid dienone is 1. The SMILES string of the molecule is CCOC(=O)/C(C=NC(/C=N/Nc1ccc(Cl)nn1)C(=O)OCC)=C(\C)O. The van der Waals surface area contributed by atoms with E-state index in [0.29, 0.717) is 5.82 Å². The molecule has 1 heterocycles. The number of nitrogens with zero attached hydrogens (tertiary/aromatic N) is 4. The number of aliphatic hydroxyl groups excluding tert-OH is 1. The molecule has 0 amide bonds. The van der Waals surface area contributed by atoms with Crippen molar-refractivity contribution >= 4 is 41.8 Å². The van der Waals surface area contributed by atoms with Gasteiger partial charge in [0.1, 0.15) is 11.3 Å². The number of hydrogen-bond acceptors (Lipinski definition) is 10. The predicted molar refractivity (Wildman–Crippen MR) is 100 cm³/mol. The number of halogens is 1. The third-order valence-electron chi connectivity index (χ3n) is 2.80. The van der Waals surface area contributed by atoms with Crippen LogP contribution in [0.15, 0.2) is 33.6 Å². The summed E-state index contributed by atoms with van der Waals surface area (Å²) in [5.74, 6) is -1.47. The fourth-order valence-corrected chi connectivity index (χ4v) is 1.70. The molecule has 1 atom stereocenters. The van der Waals surface area contributed by atoms with E-state index in [2.05, 4.69) is 25.7 Å². The van der Waals surface area contributed by atoms with Gasteiger partial charge in [-0.2, -0.15) is 5.10 Å². The van der Waals surface area contributed by atoms with Crippen LogP contribution in [-0.2, 0) is 19.1 Å². The van der Waals surface area contributed by atoms with Crippen LogP contribution >= 0.6 is 11.6 Å². The van der Waals surface area contributed by atoms with Crippen LogP contribution in [0, 0.1) is 0 Å². The standard InChI is InChI=1S/C16H20ClN5O5/c1-4-26-15(24)11(10(3)23)8-18-12(16(25)27-5-2)9-19-21-14-7-6-13(17)20-22-14/h6-9,12,23H,4-5H2,1-3H3,(H,21,22)/b11-10+,18-8?,19-9+. The molecule has 11 heteroatoms. The number of ether oxygens (including phenoxy) is 2. The zero-order chi connectivity index (χ0) is 20.2. The molecule has 0 fully saturated rings. The van der Waals surface area contributed by atoms with Gasteiger partial charge in [-0.25, -0.2) is 9.59 Å². The summed E-state index contributed by atoms with van der Waals surface area (Å²) >= 11 is 5.63. The first-order valence-corrected chi connectivity index (χ1v) is 8.32. The lowest BCUT2D eigenvalue weighted by atomic mass is 10.2. The summed E-state index contributed by atoms with van der Waals surface area (Å²) in [4.78, 5) is 27.8. The first-order valence-electron chi connectivity index (χ1n) is 7.94. The third-order valence-corrected chi connectivity index (χ3v) is 3.01. The fraction of sp³-hybridized carbons (Fsp3) is 0.375. The third kappa shape index (κ3) is 7.82. The second-order valence-electron chi connectivity index (χ2n) is 4.83. The van der Waals surface area contributed by atoms with E-state index < -0.39 is 18.0 Å². The summed E-state index contributed by atoms with van der Waals surface area (Å²) in [7, 11) is 0. The highest BCUT2D eigenvalue weighted by molar-refractivity contribution is 6.29. The van der Waals surface area contributed by atoms with Crippen LogP contribution in [0.3, 0.4) is 0 Å². The minimum atomic E-state index is -1.17. The van der Waals surface area contributed by atoms with Gasteiger partial charge in [-0.05, 0) is 32.9 Å². The zero-order valence-electron chi connectivity index (χ0n) is 15.0. The van der Waals surface area contributed by atoms with Crippen molar-refractivity contribution in [3.63, 3.8) is 0 Å². The molecule has 0 bridgehead atoms. The van der Waals surface area contributed by atoms with Gasteiger partial charge in [0.15, 0.2) is 17.0 Å². The van der Waals surface area contributed by atoms with Crippen molar-refractivity contribution in [2.75, 3.05) is 18.6 Å². The van der Waals surface area contributed by atoms with Gasteiger partial charge < -0.3 is 14.6 Å². The van der Waals surface area contributed by atoms with Gasteiger partial charge in [-0.15, -0.1) is 10.2 Å². The molecule has 0 aliphatic rings. The number of anilines is 1. The fourth-order valence-electron chi connectivity index (χ4n) is 1.59. The number of aliphatic hydroxyl groups is 1. The number of carbonyl (C=O) groups excluding carboxylic acids is 2. The molecule has 27 heavy (non-hydrogen) atoms. The topological polar surface area (TPSA) is 135 Å². The van der Waals surface area contributed by atoms with E-state index in [0.717, 1.165) is 12.4 Å². The van der Waals surface area contributed by atoms with E-state index in [1.807, 2.05) is 0 Å². The number of hydrogen-bond donors (Lipinski definition) is 2. The lowest BCUT2D eigenvalue weighted by molar-refractivity contribution is -0.143. The van der Waals surface area contributed by atoms with Gasteiger partial charge in [-0.3, -0.25) is 10.4 Å². The Hall–Kier alpha value is -3.01. The van der Waals surface area contributed by atoms with Crippen LogP contribution in [0.25, 0.3) is 0 Å². The quantitative estimate of drug-likeness (QED) is 0.212. The first kappa shape index (κ1) is 22.0. The lowest BCUT2D eigenvalue weighted by Gasteiger charge is -2.08. The molecule has 0 aliphatic carbocycles. The molecule has 2 N–H and O–H groups in total. The second-order valence-corrected chi connectivity index (χ2v) is 5.21. The van der Waals surface area contributed by atoms with Gasteiger partial charge in [0.05, 0.1) is 19.4 Å². The van der Waals surface area contributed by atoms with Crippen molar-refractivity contribution in [1.29, 1.82) is 0 Å². The molecule has 0 aromatic carbocycles. The largest absolute Gasteiger partial charge is 0.512 e. The molecule has 146 valence electrons. The molecule has 1 unspecified atom stereocenters. The van der Waals surface area contributed by atoms with E-state index in [9.17, 15) is 14.7 Å². The summed E-state index contributed by atoms with van der Waals surface area (Å²) in [5, 5.41) is 21.0. The molecule has 0 aliphatic heterocycles. The number of aliphatic imine (C=N–C) groups is 1. The maximum Gasteiger partial charge on any atom is 0.343 e. The Morgan fingerprint density at radius 1 is 1.30 bits per heavy atom. The predicted octanol–water partition coefficient (Wildman–Crippen LogP) is 1.93. The average Bonchev–Trinajstić information content (AvgIpc) is 2.62. The first-order chi connectivity index (χ1) is 12.9. The number of aromatic nitrogens is 2. The maximum atomic E-state index is 12.0. The van der Waals surface area contributed by atoms with Crippen molar-refractivity contribution < 1.29 is 24.2 Å². The molecular weight excluding hydrogens is 378 g/mol. The minimum absolute atomic E-state index is 0.123. The van der Waals surface area contributed by atoms with Crippen molar-refractivity contribution in [2.45, 2.75) is 26.8 Å². The molecular formula is C16H20ClN5O5. The monoisotopic (exact) mass is 397 g/mol. The van der Waals surface area contributed by atoms with E-state index in [-0.39, 0.29) is 29.7 Å². The summed E-state index contributed by atoms with van der Waals surface area (Å²) < 4.78 is 9.73. The van der Waals surface area contributed by atoms with E-state index >= 15 is 0 Å². The number of nitrogens with one attached hydrogen (secondary N) is 1. The summed E-state index contributed by atoms with van der Waals surface area (Å²) in [6.07, 6.45) is 2.18. The van der Waals surface area contributed by atoms with Crippen LogP contribution in [0.4, 0.5) is 5.82 Å². The average molecular weight is 398 g/mol. The Balaban J connectivity index is 2.94. The van der Waals surface area contributed by atoms with Gasteiger partial charge in [-0.1, -0.05) is 11.6 Å². The van der Waals surface area contributed by atoms with E-state index in [1.165, 1.54) is 19.1 Å². The summed E-state index contributed by atoms with van der Waals surface area (Å²) in [5.41, 5.74) is 2.37. The van der Waals surface area contributed by atoms with Gasteiger partial charge in [0, 0.05) is 6.21 Å².